The fourth-order valence-corrected chi connectivity index (χ4v) is 6.61. The molecule has 6 atom stereocenters. The number of carbonyl (C=O) groups is 3. The van der Waals surface area contributed by atoms with Gasteiger partial charge in [-0.1, -0.05) is 20.8 Å². The zero-order valence-electron chi connectivity index (χ0n) is 19.0. The first-order chi connectivity index (χ1) is 13.7. The van der Waals surface area contributed by atoms with Crippen molar-refractivity contribution in [2.75, 3.05) is 6.54 Å². The van der Waals surface area contributed by atoms with Gasteiger partial charge in [0, 0.05) is 6.54 Å². The summed E-state index contributed by atoms with van der Waals surface area (Å²) < 4.78 is 5.37. The summed E-state index contributed by atoms with van der Waals surface area (Å²) in [7, 11) is 0. The number of ether oxygens (including phenoxy) is 1. The minimum atomic E-state index is -0.913. The SMILES string of the molecule is CC(C)(C)OC(=O)N[C@H](C(=O)N1C[C@@H]2[C@H]3C[C@@H]([C@@H]2[C@H]1C(=O)O)C1(CC1)C3)C(C)(C)C. The third kappa shape index (κ3) is 3.48. The lowest BCUT2D eigenvalue weighted by molar-refractivity contribution is -0.152. The van der Waals surface area contributed by atoms with Crippen LogP contribution in [0.3, 0.4) is 0 Å². The highest BCUT2D eigenvalue weighted by Crippen LogP contribution is 2.73. The standard InChI is InChI=1S/C23H36N2O5/c1-21(2,3)17(24-20(29)30-22(4,5)6)18(26)25-11-13-12-9-14(23(10-12)7-8-23)15(13)16(25)19(27)28/h12-17H,7-11H2,1-6H3,(H,24,29)(H,27,28)/t12-,13+,14-,15+,16-,17+/m0/s1. The van der Waals surface area contributed by atoms with E-state index in [0.717, 1.165) is 6.42 Å². The summed E-state index contributed by atoms with van der Waals surface area (Å²) in [6.07, 6.45) is 4.09. The molecule has 2 amide bonds. The minimum absolute atomic E-state index is 0.0508. The molecule has 1 heterocycles. The normalized spacial score (nSPS) is 34.6. The lowest BCUT2D eigenvalue weighted by atomic mass is 9.71. The zero-order valence-corrected chi connectivity index (χ0v) is 19.0. The number of carboxylic acid groups (broad SMARTS) is 1. The summed E-state index contributed by atoms with van der Waals surface area (Å²) >= 11 is 0. The maximum atomic E-state index is 13.6. The molecule has 7 nitrogen and oxygen atoms in total. The van der Waals surface area contributed by atoms with Crippen LogP contribution < -0.4 is 5.32 Å². The molecule has 2 N–H and O–H groups in total. The number of carboxylic acids is 1. The lowest BCUT2D eigenvalue weighted by Crippen LogP contribution is -2.58. The Bertz CT molecular complexity index is 761. The molecule has 4 rings (SSSR count). The molecule has 0 unspecified atom stereocenters. The maximum absolute atomic E-state index is 13.6. The molecule has 3 aliphatic carbocycles. The van der Waals surface area contributed by atoms with Crippen LogP contribution in [0.5, 0.6) is 0 Å². The second kappa shape index (κ2) is 6.60. The van der Waals surface area contributed by atoms with Crippen LogP contribution in [-0.2, 0) is 14.3 Å². The maximum Gasteiger partial charge on any atom is 0.408 e. The Morgan fingerprint density at radius 1 is 1.13 bits per heavy atom. The number of amides is 2. The molecule has 4 aliphatic rings. The predicted octanol–water partition coefficient (Wildman–Crippen LogP) is 3.27. The summed E-state index contributed by atoms with van der Waals surface area (Å²) in [5.74, 6) is 0.0687. The third-order valence-corrected chi connectivity index (χ3v) is 7.89. The van der Waals surface area contributed by atoms with E-state index in [1.165, 1.54) is 19.3 Å². The molecule has 1 saturated heterocycles. The molecular weight excluding hydrogens is 384 g/mol. The first kappa shape index (κ1) is 21.4. The molecule has 0 aromatic rings. The Kier molecular flexibility index (Phi) is 4.72. The highest BCUT2D eigenvalue weighted by molar-refractivity contribution is 5.90. The van der Waals surface area contributed by atoms with Gasteiger partial charge in [-0.2, -0.15) is 0 Å². The van der Waals surface area contributed by atoms with Crippen molar-refractivity contribution in [2.45, 2.75) is 84.9 Å². The fraction of sp³-hybridized carbons (Fsp3) is 0.870. The van der Waals surface area contributed by atoms with Gasteiger partial charge in [0.15, 0.2) is 0 Å². The Hall–Kier alpha value is -1.79. The smallest absolute Gasteiger partial charge is 0.408 e. The fourth-order valence-electron chi connectivity index (χ4n) is 6.61. The van der Waals surface area contributed by atoms with Crippen LogP contribution in [0.25, 0.3) is 0 Å². The van der Waals surface area contributed by atoms with Gasteiger partial charge in [0.2, 0.25) is 5.91 Å². The molecule has 1 spiro atoms. The van der Waals surface area contributed by atoms with Crippen molar-refractivity contribution in [3.63, 3.8) is 0 Å². The molecule has 2 bridgehead atoms. The topological polar surface area (TPSA) is 95.9 Å². The van der Waals surface area contributed by atoms with Crippen molar-refractivity contribution in [3.05, 3.63) is 0 Å². The number of hydrogen-bond donors (Lipinski definition) is 2. The zero-order chi connectivity index (χ0) is 22.2. The quantitative estimate of drug-likeness (QED) is 0.730. The minimum Gasteiger partial charge on any atom is -0.480 e. The number of carbonyl (C=O) groups excluding carboxylic acids is 2. The highest BCUT2D eigenvalue weighted by atomic mass is 16.6. The Balaban J connectivity index is 1.57. The van der Waals surface area contributed by atoms with E-state index in [4.69, 9.17) is 4.74 Å². The molecule has 30 heavy (non-hydrogen) atoms. The van der Waals surface area contributed by atoms with Crippen molar-refractivity contribution < 1.29 is 24.2 Å². The van der Waals surface area contributed by atoms with Gasteiger partial charge in [-0.05, 0) is 81.0 Å². The number of hydrogen-bond acceptors (Lipinski definition) is 4. The molecule has 4 fully saturated rings. The van der Waals surface area contributed by atoms with E-state index in [0.29, 0.717) is 23.8 Å². The third-order valence-electron chi connectivity index (χ3n) is 7.89. The molecule has 7 heteroatoms. The van der Waals surface area contributed by atoms with E-state index in [-0.39, 0.29) is 17.7 Å². The van der Waals surface area contributed by atoms with E-state index in [9.17, 15) is 19.5 Å². The van der Waals surface area contributed by atoms with Gasteiger partial charge in [-0.3, -0.25) is 4.79 Å². The highest BCUT2D eigenvalue weighted by Gasteiger charge is 2.70. The van der Waals surface area contributed by atoms with Crippen LogP contribution in [0.1, 0.15) is 67.2 Å². The molecule has 0 aromatic carbocycles. The number of alkyl carbamates (subject to hydrolysis) is 1. The number of fused-ring (bicyclic) bond motifs is 6. The number of nitrogens with one attached hydrogen (secondary N) is 1. The summed E-state index contributed by atoms with van der Waals surface area (Å²) in [6, 6.07) is -1.64. The predicted molar refractivity (Wildman–Crippen MR) is 111 cm³/mol. The summed E-state index contributed by atoms with van der Waals surface area (Å²) in [6.45, 7) is 11.4. The van der Waals surface area contributed by atoms with Gasteiger partial charge >= 0.3 is 12.1 Å². The average Bonchev–Trinajstić information content (AvgIpc) is 2.95. The van der Waals surface area contributed by atoms with E-state index in [1.807, 2.05) is 20.8 Å². The number of likely N-dealkylation sites (tertiary alicyclic amines) is 1. The van der Waals surface area contributed by atoms with Crippen LogP contribution in [-0.4, -0.2) is 52.2 Å². The van der Waals surface area contributed by atoms with Crippen LogP contribution >= 0.6 is 0 Å². The average molecular weight is 421 g/mol. The van der Waals surface area contributed by atoms with Crippen molar-refractivity contribution in [3.8, 4) is 0 Å². The second-order valence-electron chi connectivity index (χ2n) is 12.1. The Labute approximate surface area is 178 Å². The molecular formula is C23H36N2O5. The first-order valence-corrected chi connectivity index (χ1v) is 11.3. The van der Waals surface area contributed by atoms with Crippen molar-refractivity contribution in [1.29, 1.82) is 0 Å². The number of nitrogens with zero attached hydrogens (tertiary/aromatic N) is 1. The second-order valence-corrected chi connectivity index (χ2v) is 12.1. The van der Waals surface area contributed by atoms with Gasteiger partial charge in [0.1, 0.15) is 17.7 Å². The molecule has 1 aliphatic heterocycles. The van der Waals surface area contributed by atoms with Crippen LogP contribution in [0.4, 0.5) is 4.79 Å². The van der Waals surface area contributed by atoms with Gasteiger partial charge in [-0.25, -0.2) is 9.59 Å². The summed E-state index contributed by atoms with van der Waals surface area (Å²) in [5.41, 5.74) is -0.899. The van der Waals surface area contributed by atoms with Gasteiger partial charge in [-0.15, -0.1) is 0 Å². The molecule has 168 valence electrons. The van der Waals surface area contributed by atoms with Crippen LogP contribution in [0, 0.1) is 34.5 Å². The van der Waals surface area contributed by atoms with Crippen molar-refractivity contribution in [1.82, 2.24) is 10.2 Å². The van der Waals surface area contributed by atoms with Gasteiger partial charge in [0.25, 0.3) is 0 Å². The van der Waals surface area contributed by atoms with Gasteiger partial charge in [0.05, 0.1) is 0 Å². The first-order valence-electron chi connectivity index (χ1n) is 11.3. The molecule has 0 aromatic heterocycles. The monoisotopic (exact) mass is 420 g/mol. The molecule has 3 saturated carbocycles. The van der Waals surface area contributed by atoms with E-state index in [1.54, 1.807) is 25.7 Å². The van der Waals surface area contributed by atoms with Crippen molar-refractivity contribution >= 4 is 18.0 Å². The van der Waals surface area contributed by atoms with Crippen molar-refractivity contribution in [2.24, 2.45) is 34.5 Å². The Morgan fingerprint density at radius 2 is 1.77 bits per heavy atom. The van der Waals surface area contributed by atoms with Gasteiger partial charge < -0.3 is 20.1 Å². The molecule has 0 radical (unpaired) electrons. The van der Waals surface area contributed by atoms with E-state index < -0.39 is 35.2 Å². The number of rotatable bonds is 3. The Morgan fingerprint density at radius 3 is 2.27 bits per heavy atom. The lowest BCUT2D eigenvalue weighted by Gasteiger charge is -2.37. The summed E-state index contributed by atoms with van der Waals surface area (Å²) in [5, 5.41) is 12.8. The largest absolute Gasteiger partial charge is 0.480 e. The van der Waals surface area contributed by atoms with Crippen LogP contribution in [0.2, 0.25) is 0 Å². The van der Waals surface area contributed by atoms with E-state index in [2.05, 4.69) is 5.32 Å². The van der Waals surface area contributed by atoms with Crippen LogP contribution in [0.15, 0.2) is 0 Å². The number of aliphatic carboxylic acids is 1. The van der Waals surface area contributed by atoms with E-state index >= 15 is 0 Å². The summed E-state index contributed by atoms with van der Waals surface area (Å²) in [4.78, 5) is 40.0.